The second kappa shape index (κ2) is 19.6. The van der Waals surface area contributed by atoms with Gasteiger partial charge in [-0.05, 0) is 95.3 Å². The molecule has 0 heterocycles. The summed E-state index contributed by atoms with van der Waals surface area (Å²) in [7, 11) is 0. The molecule has 4 rings (SSSR count). The first kappa shape index (κ1) is 30.7. The van der Waals surface area contributed by atoms with E-state index in [1.165, 1.54) is 70.6 Å². The lowest BCUT2D eigenvalue weighted by Gasteiger charge is -2.31. The molecule has 0 spiro atoms. The van der Waals surface area contributed by atoms with E-state index in [9.17, 15) is 19.2 Å². The fraction of sp³-hybridized carbons (Fsp3) is 0.862. The average Bonchev–Trinajstić information content (AvgIpc) is 2.94. The zero-order valence-corrected chi connectivity index (χ0v) is 22.3. The van der Waals surface area contributed by atoms with Crippen molar-refractivity contribution in [3.05, 3.63) is 0 Å². The molecule has 0 saturated heterocycles. The fourth-order valence-electron chi connectivity index (χ4n) is 6.21. The first-order valence-electron chi connectivity index (χ1n) is 14.5. The van der Waals surface area contributed by atoms with Crippen LogP contribution in [0.2, 0.25) is 0 Å². The molecule has 8 nitrogen and oxygen atoms in total. The first-order chi connectivity index (χ1) is 18.2. The molecule has 0 aromatic heterocycles. The number of hydrogen-bond acceptors (Lipinski definition) is 8. The largest absolute Gasteiger partial charge is 0.235 e. The summed E-state index contributed by atoms with van der Waals surface area (Å²) < 4.78 is 0. The van der Waals surface area contributed by atoms with Crippen LogP contribution in [0.15, 0.2) is 20.0 Å². The normalized spacial score (nSPS) is 28.1. The van der Waals surface area contributed by atoms with Crippen LogP contribution in [0.3, 0.4) is 0 Å². The average molecular weight is 513 g/mol. The van der Waals surface area contributed by atoms with Gasteiger partial charge < -0.3 is 0 Å². The van der Waals surface area contributed by atoms with Crippen molar-refractivity contribution in [1.82, 2.24) is 0 Å². The second-order valence-corrected chi connectivity index (χ2v) is 11.1. The van der Waals surface area contributed by atoms with Gasteiger partial charge >= 0.3 is 0 Å². The van der Waals surface area contributed by atoms with E-state index in [0.717, 1.165) is 63.2 Å². The molecule has 0 radical (unpaired) electrons. The minimum atomic E-state index is 0.228. The first-order valence-corrected chi connectivity index (χ1v) is 14.5. The maximum atomic E-state index is 10.2. The van der Waals surface area contributed by atoms with E-state index in [0.29, 0.717) is 12.1 Å². The van der Waals surface area contributed by atoms with Gasteiger partial charge in [0.2, 0.25) is 24.3 Å². The highest BCUT2D eigenvalue weighted by Gasteiger charge is 2.26. The van der Waals surface area contributed by atoms with Crippen LogP contribution in [-0.2, 0) is 19.2 Å². The quantitative estimate of drug-likeness (QED) is 0.299. The van der Waals surface area contributed by atoms with Crippen LogP contribution in [0, 0.1) is 11.8 Å². The standard InChI is InChI=1S/C15H22N2O2.2C7H11NO/c18-10-16-14-5-1-12(2-6-14)9-13-3-7-15(8-4-13)17-11-19;2*9-6-8-7-4-2-1-3-5-7/h12-15H,1-9H2;2*7H,1-5H2. The van der Waals surface area contributed by atoms with Crippen LogP contribution in [0.1, 0.15) is 122 Å². The van der Waals surface area contributed by atoms with Crippen molar-refractivity contribution in [2.24, 2.45) is 31.8 Å². The van der Waals surface area contributed by atoms with Crippen LogP contribution >= 0.6 is 0 Å². The van der Waals surface area contributed by atoms with Crippen LogP contribution in [0.4, 0.5) is 0 Å². The summed E-state index contributed by atoms with van der Waals surface area (Å²) >= 11 is 0. The van der Waals surface area contributed by atoms with Crippen molar-refractivity contribution in [3.63, 3.8) is 0 Å². The van der Waals surface area contributed by atoms with Gasteiger partial charge in [-0.1, -0.05) is 38.5 Å². The summed E-state index contributed by atoms with van der Waals surface area (Å²) in [6, 6.07) is 1.06. The van der Waals surface area contributed by atoms with Crippen molar-refractivity contribution in [1.29, 1.82) is 0 Å². The van der Waals surface area contributed by atoms with Crippen molar-refractivity contribution in [3.8, 4) is 0 Å². The van der Waals surface area contributed by atoms with E-state index < -0.39 is 0 Å². The molecule has 8 heteroatoms. The molecule has 4 saturated carbocycles. The second-order valence-electron chi connectivity index (χ2n) is 11.1. The third kappa shape index (κ3) is 13.6. The Bertz CT molecular complexity index is 743. The van der Waals surface area contributed by atoms with Gasteiger partial charge in [-0.15, -0.1) is 0 Å². The Morgan fingerprint density at radius 2 is 0.649 bits per heavy atom. The van der Waals surface area contributed by atoms with Crippen LogP contribution in [0.5, 0.6) is 0 Å². The Hall–Kier alpha value is -2.48. The fourth-order valence-corrected chi connectivity index (χ4v) is 6.21. The predicted octanol–water partition coefficient (Wildman–Crippen LogP) is 6.48. The summed E-state index contributed by atoms with van der Waals surface area (Å²) in [5, 5.41) is 0. The maximum absolute atomic E-state index is 10.2. The Morgan fingerprint density at radius 3 is 0.919 bits per heavy atom. The monoisotopic (exact) mass is 512 g/mol. The third-order valence-electron chi connectivity index (χ3n) is 8.39. The van der Waals surface area contributed by atoms with Gasteiger partial charge in [0.25, 0.3) is 0 Å². The molecule has 0 unspecified atom stereocenters. The van der Waals surface area contributed by atoms with Gasteiger partial charge in [0.05, 0.1) is 24.2 Å². The van der Waals surface area contributed by atoms with E-state index in [2.05, 4.69) is 20.0 Å². The smallest absolute Gasteiger partial charge is 0.211 e. The Morgan fingerprint density at radius 1 is 0.378 bits per heavy atom. The highest BCUT2D eigenvalue weighted by atomic mass is 16.1. The van der Waals surface area contributed by atoms with Crippen LogP contribution in [-0.4, -0.2) is 48.5 Å². The van der Waals surface area contributed by atoms with Gasteiger partial charge in [-0.3, -0.25) is 0 Å². The maximum Gasteiger partial charge on any atom is 0.235 e. The molecule has 4 aliphatic rings. The summed E-state index contributed by atoms with van der Waals surface area (Å²) in [5.41, 5.74) is 0. The van der Waals surface area contributed by atoms with E-state index in [1.807, 2.05) is 0 Å². The topological polar surface area (TPSA) is 118 Å². The van der Waals surface area contributed by atoms with Gasteiger partial charge in [0.15, 0.2) is 0 Å². The molecule has 0 bridgehead atoms. The van der Waals surface area contributed by atoms with Crippen molar-refractivity contribution >= 4 is 24.3 Å². The highest BCUT2D eigenvalue weighted by Crippen LogP contribution is 2.36. The summed E-state index contributed by atoms with van der Waals surface area (Å²) in [5.74, 6) is 1.60. The number of carbonyl (C=O) groups excluding carboxylic acids is 4. The summed E-state index contributed by atoms with van der Waals surface area (Å²) in [6.45, 7) is 0. The van der Waals surface area contributed by atoms with Crippen LogP contribution in [0.25, 0.3) is 0 Å². The third-order valence-corrected chi connectivity index (χ3v) is 8.39. The molecule has 204 valence electrons. The zero-order chi connectivity index (χ0) is 26.6. The summed E-state index contributed by atoms with van der Waals surface area (Å²) in [4.78, 5) is 55.1. The molecule has 0 amide bonds. The number of hydrogen-bond donors (Lipinski definition) is 0. The molecule has 0 N–H and O–H groups in total. The molecular weight excluding hydrogens is 468 g/mol. The molecule has 0 aromatic carbocycles. The molecule has 37 heavy (non-hydrogen) atoms. The van der Waals surface area contributed by atoms with Gasteiger partial charge in [-0.2, -0.15) is 0 Å². The minimum Gasteiger partial charge on any atom is -0.211 e. The lowest BCUT2D eigenvalue weighted by Crippen LogP contribution is -2.23. The lowest BCUT2D eigenvalue weighted by molar-refractivity contribution is 0.226. The molecule has 0 aliphatic heterocycles. The van der Waals surface area contributed by atoms with Crippen molar-refractivity contribution in [2.75, 3.05) is 0 Å². The lowest BCUT2D eigenvalue weighted by atomic mass is 9.76. The van der Waals surface area contributed by atoms with E-state index in [1.54, 1.807) is 24.3 Å². The summed E-state index contributed by atoms with van der Waals surface area (Å²) in [6.07, 6.45) is 28.8. The number of aliphatic imine (C=N–C) groups is 4. The predicted molar refractivity (Wildman–Crippen MR) is 142 cm³/mol. The SMILES string of the molecule is O=C=NC1CCC(CC2CCC(N=C=O)CC2)CC1.O=C=NC1CCCCC1.O=C=NC1CCCCC1. The number of rotatable bonds is 6. The Labute approximate surface area is 221 Å². The molecule has 4 aliphatic carbocycles. The Kier molecular flexibility index (Phi) is 16.3. The Balaban J connectivity index is 0.000000222. The van der Waals surface area contributed by atoms with Gasteiger partial charge in [0.1, 0.15) is 0 Å². The molecule has 0 atom stereocenters. The van der Waals surface area contributed by atoms with Crippen molar-refractivity contribution < 1.29 is 19.2 Å². The van der Waals surface area contributed by atoms with E-state index in [-0.39, 0.29) is 12.1 Å². The molecule has 0 aromatic rings. The van der Waals surface area contributed by atoms with E-state index in [4.69, 9.17) is 0 Å². The molecule has 4 fully saturated rings. The molecular formula is C29H44N4O4. The van der Waals surface area contributed by atoms with Crippen molar-refractivity contribution in [2.45, 2.75) is 146 Å². The highest BCUT2D eigenvalue weighted by molar-refractivity contribution is 5.34. The van der Waals surface area contributed by atoms with Crippen LogP contribution < -0.4 is 0 Å². The minimum absolute atomic E-state index is 0.228. The van der Waals surface area contributed by atoms with E-state index >= 15 is 0 Å². The van der Waals surface area contributed by atoms with Gasteiger partial charge in [0, 0.05) is 0 Å². The van der Waals surface area contributed by atoms with Gasteiger partial charge in [-0.25, -0.2) is 39.1 Å². The number of nitrogens with zero attached hydrogens (tertiary/aromatic N) is 4. The zero-order valence-electron chi connectivity index (χ0n) is 22.3. The number of isocyanates is 4.